The van der Waals surface area contributed by atoms with E-state index in [4.69, 9.17) is 11.6 Å². The molecule has 0 unspecified atom stereocenters. The Morgan fingerprint density at radius 3 is 3.08 bits per heavy atom. The van der Waals surface area contributed by atoms with Gasteiger partial charge in [-0.05, 0) is 6.07 Å². The fourth-order valence-electron chi connectivity index (χ4n) is 1.22. The second-order valence-electron chi connectivity index (χ2n) is 2.78. The Kier molecular flexibility index (Phi) is 2.36. The van der Waals surface area contributed by atoms with Gasteiger partial charge in [-0.15, -0.1) is 11.6 Å². The van der Waals surface area contributed by atoms with E-state index in [1.165, 1.54) is 0 Å². The minimum Gasteiger partial charge on any atom is -0.367 e. The van der Waals surface area contributed by atoms with E-state index in [2.05, 4.69) is 15.0 Å². The molecular weight excluding hydrogens is 186 g/mol. The Morgan fingerprint density at radius 1 is 1.46 bits per heavy atom. The van der Waals surface area contributed by atoms with Crippen LogP contribution in [0, 0.1) is 0 Å². The average molecular weight is 196 g/mol. The molecule has 0 radical (unpaired) electrons. The summed E-state index contributed by atoms with van der Waals surface area (Å²) < 4.78 is 0. The first kappa shape index (κ1) is 8.38. The predicted octanol–water partition coefficient (Wildman–Crippen LogP) is 2.19. The highest BCUT2D eigenvalue weighted by Crippen LogP contribution is 2.15. The predicted molar refractivity (Wildman–Crippen MR) is 52.8 cm³/mol. The summed E-state index contributed by atoms with van der Waals surface area (Å²) in [6.45, 7) is 0. The van der Waals surface area contributed by atoms with Crippen LogP contribution in [0.2, 0.25) is 0 Å². The van der Waals surface area contributed by atoms with E-state index >= 15 is 0 Å². The number of imidazole rings is 1. The van der Waals surface area contributed by atoms with Crippen LogP contribution in [0.4, 0.5) is 0 Å². The summed E-state index contributed by atoms with van der Waals surface area (Å²) >= 11 is 5.60. The van der Waals surface area contributed by atoms with E-state index in [-0.39, 0.29) is 0 Å². The summed E-state index contributed by atoms with van der Waals surface area (Å²) in [5.74, 6) is 1.53. The van der Waals surface area contributed by atoms with Crippen LogP contribution in [0.3, 0.4) is 0 Å². The minimum absolute atomic E-state index is 0.597. The van der Waals surface area contributed by atoms with Crippen LogP contribution in [0.25, 0.3) is 11.3 Å². The molecule has 0 saturated carbocycles. The van der Waals surface area contributed by atoms with E-state index in [1.807, 2.05) is 24.7 Å². The molecule has 0 aliphatic heterocycles. The van der Waals surface area contributed by atoms with E-state index in [0.29, 0.717) is 5.88 Å². The lowest BCUT2D eigenvalue weighted by Crippen LogP contribution is -1.87. The lowest BCUT2D eigenvalue weighted by atomic mass is 10.3. The van der Waals surface area contributed by atoms with E-state index in [9.17, 15) is 0 Å². The highest BCUT2D eigenvalue weighted by molar-refractivity contribution is 6.17. The fraction of sp³-hybridized carbons (Fsp3) is 0.222. The molecule has 2 N–H and O–H groups in total. The summed E-state index contributed by atoms with van der Waals surface area (Å²) in [4.78, 5) is 10.4. The van der Waals surface area contributed by atoms with Gasteiger partial charge in [-0.1, -0.05) is 0 Å². The fourth-order valence-corrected chi connectivity index (χ4v) is 1.40. The number of nitrogens with zero attached hydrogens (tertiary/aromatic N) is 1. The van der Waals surface area contributed by atoms with Gasteiger partial charge >= 0.3 is 0 Å². The van der Waals surface area contributed by atoms with E-state index in [0.717, 1.165) is 23.5 Å². The maximum Gasteiger partial charge on any atom is 0.107 e. The van der Waals surface area contributed by atoms with Crippen LogP contribution in [0.1, 0.15) is 5.82 Å². The zero-order valence-corrected chi connectivity index (χ0v) is 7.80. The third-order valence-electron chi connectivity index (χ3n) is 1.87. The summed E-state index contributed by atoms with van der Waals surface area (Å²) in [5.41, 5.74) is 2.15. The molecule has 0 aliphatic carbocycles. The van der Waals surface area contributed by atoms with Gasteiger partial charge in [0.1, 0.15) is 5.82 Å². The standard InChI is InChI=1S/C9H10ClN3/c10-3-1-9-12-6-8(13-9)7-2-4-11-5-7/h2,4-6,11H,1,3H2,(H,12,13). The van der Waals surface area contributed by atoms with Gasteiger partial charge in [0.2, 0.25) is 0 Å². The first-order chi connectivity index (χ1) is 6.40. The zero-order valence-electron chi connectivity index (χ0n) is 7.05. The van der Waals surface area contributed by atoms with E-state index < -0.39 is 0 Å². The molecule has 68 valence electrons. The number of hydrogen-bond acceptors (Lipinski definition) is 1. The van der Waals surface area contributed by atoms with Crippen molar-refractivity contribution in [2.45, 2.75) is 6.42 Å². The normalized spacial score (nSPS) is 10.5. The van der Waals surface area contributed by atoms with Crippen molar-refractivity contribution in [1.29, 1.82) is 0 Å². The second kappa shape index (κ2) is 3.66. The van der Waals surface area contributed by atoms with Crippen LogP contribution >= 0.6 is 11.6 Å². The van der Waals surface area contributed by atoms with Crippen molar-refractivity contribution in [2.75, 3.05) is 5.88 Å². The Bertz CT molecular complexity index is 364. The van der Waals surface area contributed by atoms with Crippen LogP contribution in [-0.4, -0.2) is 20.8 Å². The molecule has 0 atom stereocenters. The highest BCUT2D eigenvalue weighted by Gasteiger charge is 2.01. The number of H-pyrrole nitrogens is 2. The van der Waals surface area contributed by atoms with Crippen molar-refractivity contribution >= 4 is 11.6 Å². The third kappa shape index (κ3) is 1.75. The molecule has 0 bridgehead atoms. The SMILES string of the molecule is ClCCc1ncc(-c2cc[nH]c2)[nH]1. The molecule has 4 heteroatoms. The van der Waals surface area contributed by atoms with Gasteiger partial charge in [0.15, 0.2) is 0 Å². The minimum atomic E-state index is 0.597. The quantitative estimate of drug-likeness (QED) is 0.725. The van der Waals surface area contributed by atoms with Crippen LogP contribution in [-0.2, 0) is 6.42 Å². The monoisotopic (exact) mass is 195 g/mol. The van der Waals surface area contributed by atoms with Crippen molar-refractivity contribution in [3.05, 3.63) is 30.5 Å². The molecule has 2 aromatic heterocycles. The van der Waals surface area contributed by atoms with Gasteiger partial charge in [-0.3, -0.25) is 0 Å². The Morgan fingerprint density at radius 2 is 2.38 bits per heavy atom. The maximum atomic E-state index is 5.60. The van der Waals surface area contributed by atoms with Crippen LogP contribution in [0.15, 0.2) is 24.7 Å². The molecule has 0 aromatic carbocycles. The van der Waals surface area contributed by atoms with Gasteiger partial charge in [-0.25, -0.2) is 4.98 Å². The van der Waals surface area contributed by atoms with E-state index in [1.54, 1.807) is 0 Å². The van der Waals surface area contributed by atoms with Crippen LogP contribution in [0.5, 0.6) is 0 Å². The Balaban J connectivity index is 2.23. The lowest BCUT2D eigenvalue weighted by molar-refractivity contribution is 0.997. The number of nitrogens with one attached hydrogen (secondary N) is 2. The molecule has 0 saturated heterocycles. The number of hydrogen-bond donors (Lipinski definition) is 2. The van der Waals surface area contributed by atoms with Gasteiger partial charge in [0.25, 0.3) is 0 Å². The number of aromatic nitrogens is 3. The largest absolute Gasteiger partial charge is 0.367 e. The number of aromatic amines is 2. The Labute approximate surface area is 81.2 Å². The molecule has 0 spiro atoms. The lowest BCUT2D eigenvalue weighted by Gasteiger charge is -1.90. The average Bonchev–Trinajstić information content (AvgIpc) is 2.70. The number of aryl methyl sites for hydroxylation is 1. The maximum absolute atomic E-state index is 5.60. The summed E-state index contributed by atoms with van der Waals surface area (Å²) in [6.07, 6.45) is 6.42. The molecule has 2 heterocycles. The molecule has 0 amide bonds. The summed E-state index contributed by atoms with van der Waals surface area (Å²) in [7, 11) is 0. The van der Waals surface area contributed by atoms with Crippen molar-refractivity contribution in [3.8, 4) is 11.3 Å². The van der Waals surface area contributed by atoms with Gasteiger partial charge < -0.3 is 9.97 Å². The highest BCUT2D eigenvalue weighted by atomic mass is 35.5. The van der Waals surface area contributed by atoms with Gasteiger partial charge in [0, 0.05) is 30.3 Å². The van der Waals surface area contributed by atoms with Crippen molar-refractivity contribution in [2.24, 2.45) is 0 Å². The van der Waals surface area contributed by atoms with Crippen molar-refractivity contribution < 1.29 is 0 Å². The van der Waals surface area contributed by atoms with Crippen molar-refractivity contribution in [1.82, 2.24) is 15.0 Å². The molecule has 0 aliphatic rings. The molecule has 0 fully saturated rings. The van der Waals surface area contributed by atoms with Crippen LogP contribution < -0.4 is 0 Å². The Hall–Kier alpha value is -1.22. The van der Waals surface area contributed by atoms with Crippen molar-refractivity contribution in [3.63, 3.8) is 0 Å². The second-order valence-corrected chi connectivity index (χ2v) is 3.16. The first-order valence-electron chi connectivity index (χ1n) is 4.13. The summed E-state index contributed by atoms with van der Waals surface area (Å²) in [6, 6.07) is 2.00. The molecule has 13 heavy (non-hydrogen) atoms. The zero-order chi connectivity index (χ0) is 9.10. The number of halogens is 1. The molecular formula is C9H10ClN3. The molecule has 2 aromatic rings. The van der Waals surface area contributed by atoms with Gasteiger partial charge in [0.05, 0.1) is 11.9 Å². The topological polar surface area (TPSA) is 44.5 Å². The number of rotatable bonds is 3. The number of alkyl halides is 1. The third-order valence-corrected chi connectivity index (χ3v) is 2.06. The van der Waals surface area contributed by atoms with Gasteiger partial charge in [-0.2, -0.15) is 0 Å². The molecule has 2 rings (SSSR count). The summed E-state index contributed by atoms with van der Waals surface area (Å²) in [5, 5.41) is 0. The smallest absolute Gasteiger partial charge is 0.107 e. The first-order valence-corrected chi connectivity index (χ1v) is 4.66. The molecule has 3 nitrogen and oxygen atoms in total.